The normalized spacial score (nSPS) is 24.9. The van der Waals surface area contributed by atoms with Gasteiger partial charge in [0.25, 0.3) is 0 Å². The van der Waals surface area contributed by atoms with Crippen LogP contribution < -0.4 is 0 Å². The van der Waals surface area contributed by atoms with Crippen molar-refractivity contribution in [3.63, 3.8) is 0 Å². The fraction of sp³-hybridized carbons (Fsp3) is 0.367. The number of Topliss-reactive ketones (excluding diaryl/α,β-unsaturated/α-hetero) is 1. The molecule has 0 saturated carbocycles. The van der Waals surface area contributed by atoms with Gasteiger partial charge in [-0.3, -0.25) is 4.79 Å². The Morgan fingerprint density at radius 2 is 1.97 bits per heavy atom. The Kier molecular flexibility index (Phi) is 9.90. The number of hydrogen-bond acceptors (Lipinski definition) is 4. The molecule has 0 radical (unpaired) electrons. The van der Waals surface area contributed by atoms with Gasteiger partial charge in [0.05, 0.1) is 10.9 Å². The molecule has 1 fully saturated rings. The van der Waals surface area contributed by atoms with Gasteiger partial charge in [0.15, 0.2) is 17.0 Å². The van der Waals surface area contributed by atoms with E-state index in [1.165, 1.54) is 14.7 Å². The Bertz CT molecular complexity index is 1050. The molecular formula is C30H35O3S2+. The van der Waals surface area contributed by atoms with Crippen molar-refractivity contribution in [2.24, 2.45) is 0 Å². The van der Waals surface area contributed by atoms with Gasteiger partial charge in [-0.2, -0.15) is 0 Å². The molecule has 1 aromatic rings. The van der Waals surface area contributed by atoms with Gasteiger partial charge in [0.1, 0.15) is 16.8 Å². The molecule has 184 valence electrons. The first-order valence-electron chi connectivity index (χ1n) is 12.5. The van der Waals surface area contributed by atoms with Crippen LogP contribution in [0.1, 0.15) is 45.4 Å². The number of allylic oxidation sites excluding steroid dienone is 10. The monoisotopic (exact) mass is 507 g/mol. The van der Waals surface area contributed by atoms with Crippen LogP contribution in [0.5, 0.6) is 0 Å². The number of ether oxygens (including phenoxy) is 1. The third-order valence-corrected chi connectivity index (χ3v) is 9.83. The highest BCUT2D eigenvalue weighted by atomic mass is 32.2. The Labute approximate surface area is 216 Å². The Morgan fingerprint density at radius 1 is 1.17 bits per heavy atom. The first-order valence-corrected chi connectivity index (χ1v) is 14.8. The van der Waals surface area contributed by atoms with E-state index in [4.69, 9.17) is 4.74 Å². The van der Waals surface area contributed by atoms with Crippen molar-refractivity contribution in [2.45, 2.75) is 68.0 Å². The fourth-order valence-electron chi connectivity index (χ4n) is 4.14. The minimum atomic E-state index is -0.666. The van der Waals surface area contributed by atoms with Crippen LogP contribution in [-0.2, 0) is 20.4 Å². The molecule has 3 nitrogen and oxygen atoms in total. The lowest BCUT2D eigenvalue weighted by molar-refractivity contribution is -0.115. The lowest BCUT2D eigenvalue weighted by atomic mass is 10.00. The summed E-state index contributed by atoms with van der Waals surface area (Å²) in [4.78, 5) is 16.7. The zero-order valence-corrected chi connectivity index (χ0v) is 22.0. The first kappa shape index (κ1) is 26.0. The van der Waals surface area contributed by atoms with Gasteiger partial charge in [-0.15, -0.1) is 11.8 Å². The molecule has 1 aromatic carbocycles. The smallest absolute Gasteiger partial charge is 0.181 e. The average Bonchev–Trinajstić information content (AvgIpc) is 3.61. The standard InChI is InChI=1S/C30H35O3S2/c1-2-3-4-5-9-22-35(26-10-7-6-8-11-26)27-18-16-25(17-19-27)34-24-14-12-23(13-15-24)28(31)20-21-29-30(32)33-29/h3-14,16,18,24,29-30,32H,2,15,17,19-22H2,1H3/q+1/b4-3-,9-5-/t24?,29-,30+,35?/m0/s1. The third-order valence-electron chi connectivity index (χ3n) is 6.20. The Balaban J connectivity index is 1.32. The zero-order valence-electron chi connectivity index (χ0n) is 20.3. The quantitative estimate of drug-likeness (QED) is 0.192. The molecule has 1 N–H and O–H groups in total. The Hall–Kier alpha value is -2.05. The second-order valence-electron chi connectivity index (χ2n) is 8.84. The summed E-state index contributed by atoms with van der Waals surface area (Å²) in [5.74, 6) is 1.18. The van der Waals surface area contributed by atoms with E-state index in [1.54, 1.807) is 0 Å². The SMILES string of the molecule is CC/C=C\C=C/C[S+](C1=CC=C(SC2C=CC(C(=O)CC[C@@H]3O[C@H]3O)=CC2)CC1)c1ccccc1. The van der Waals surface area contributed by atoms with Crippen molar-refractivity contribution in [2.75, 3.05) is 5.75 Å². The Morgan fingerprint density at radius 3 is 2.63 bits per heavy atom. The molecule has 4 atom stereocenters. The molecule has 0 amide bonds. The van der Waals surface area contributed by atoms with E-state index in [9.17, 15) is 9.90 Å². The second kappa shape index (κ2) is 13.3. The van der Waals surface area contributed by atoms with Crippen LogP contribution in [0.25, 0.3) is 0 Å². The van der Waals surface area contributed by atoms with Crippen molar-refractivity contribution >= 4 is 28.4 Å². The number of carbonyl (C=O) groups excluding carboxylic acids is 1. The van der Waals surface area contributed by atoms with Crippen LogP contribution >= 0.6 is 11.8 Å². The van der Waals surface area contributed by atoms with E-state index in [2.05, 4.69) is 85.9 Å². The number of benzene rings is 1. The lowest BCUT2D eigenvalue weighted by Gasteiger charge is -2.19. The van der Waals surface area contributed by atoms with Crippen LogP contribution in [0.3, 0.4) is 0 Å². The van der Waals surface area contributed by atoms with Crippen LogP contribution in [0.15, 0.2) is 105 Å². The number of rotatable bonds is 12. The maximum Gasteiger partial charge on any atom is 0.181 e. The number of aliphatic hydroxyl groups is 1. The average molecular weight is 508 g/mol. The van der Waals surface area contributed by atoms with Crippen LogP contribution in [0, 0.1) is 0 Å². The molecular weight excluding hydrogens is 472 g/mol. The summed E-state index contributed by atoms with van der Waals surface area (Å²) in [6.45, 7) is 2.16. The number of aliphatic hydroxyl groups excluding tert-OH is 1. The van der Waals surface area contributed by atoms with E-state index >= 15 is 0 Å². The van der Waals surface area contributed by atoms with Gasteiger partial charge in [0, 0.05) is 23.7 Å². The highest BCUT2D eigenvalue weighted by Gasteiger charge is 2.36. The topological polar surface area (TPSA) is 49.8 Å². The molecule has 35 heavy (non-hydrogen) atoms. The van der Waals surface area contributed by atoms with E-state index in [1.807, 2.05) is 17.8 Å². The predicted octanol–water partition coefficient (Wildman–Crippen LogP) is 6.80. The number of hydrogen-bond donors (Lipinski definition) is 1. The molecule has 1 heterocycles. The summed E-state index contributed by atoms with van der Waals surface area (Å²) in [5, 5.41) is 9.61. The van der Waals surface area contributed by atoms with Gasteiger partial charge < -0.3 is 9.84 Å². The zero-order chi connectivity index (χ0) is 24.5. The largest absolute Gasteiger partial charge is 0.366 e. The van der Waals surface area contributed by atoms with Gasteiger partial charge in [-0.05, 0) is 60.9 Å². The van der Waals surface area contributed by atoms with Crippen molar-refractivity contribution in [3.8, 4) is 0 Å². The minimum absolute atomic E-state index is 0.0862. The summed E-state index contributed by atoms with van der Waals surface area (Å²) < 4.78 is 4.98. The molecule has 1 saturated heterocycles. The second-order valence-corrected chi connectivity index (χ2v) is 12.3. The summed E-state index contributed by atoms with van der Waals surface area (Å²) in [5.41, 5.74) is 0.797. The van der Waals surface area contributed by atoms with Crippen molar-refractivity contribution in [1.82, 2.24) is 0 Å². The summed E-state index contributed by atoms with van der Waals surface area (Å²) in [6, 6.07) is 10.9. The van der Waals surface area contributed by atoms with Crippen LogP contribution in [0.4, 0.5) is 0 Å². The van der Waals surface area contributed by atoms with Crippen molar-refractivity contribution < 1.29 is 14.6 Å². The predicted molar refractivity (Wildman–Crippen MR) is 149 cm³/mol. The van der Waals surface area contributed by atoms with Gasteiger partial charge in [0.2, 0.25) is 0 Å². The summed E-state index contributed by atoms with van der Waals surface area (Å²) in [7, 11) is 0.0862. The molecule has 0 spiro atoms. The highest BCUT2D eigenvalue weighted by molar-refractivity contribution is 8.03. The van der Waals surface area contributed by atoms with Crippen LogP contribution in [0.2, 0.25) is 0 Å². The maximum absolute atomic E-state index is 12.4. The third kappa shape index (κ3) is 7.97. The molecule has 2 unspecified atom stereocenters. The fourth-order valence-corrected chi connectivity index (χ4v) is 7.32. The molecule has 0 bridgehead atoms. The summed E-state index contributed by atoms with van der Waals surface area (Å²) in [6.07, 6.45) is 24.0. The van der Waals surface area contributed by atoms with E-state index in [-0.39, 0.29) is 22.8 Å². The first-order chi connectivity index (χ1) is 17.1. The number of ketones is 1. The van der Waals surface area contributed by atoms with E-state index < -0.39 is 6.29 Å². The molecule has 0 aromatic heterocycles. The molecule has 1 aliphatic heterocycles. The summed E-state index contributed by atoms with van der Waals surface area (Å²) >= 11 is 1.92. The highest BCUT2D eigenvalue weighted by Crippen LogP contribution is 2.37. The number of carbonyl (C=O) groups is 1. The van der Waals surface area contributed by atoms with E-state index in [0.717, 1.165) is 37.0 Å². The maximum atomic E-state index is 12.4. The van der Waals surface area contributed by atoms with Crippen molar-refractivity contribution in [1.29, 1.82) is 0 Å². The van der Waals surface area contributed by atoms with Crippen molar-refractivity contribution in [3.05, 3.63) is 100 Å². The van der Waals surface area contributed by atoms with Gasteiger partial charge >= 0.3 is 0 Å². The molecule has 3 aliphatic rings. The number of epoxide rings is 1. The van der Waals surface area contributed by atoms with Crippen LogP contribution in [-0.4, -0.2) is 34.3 Å². The van der Waals surface area contributed by atoms with Gasteiger partial charge in [-0.1, -0.05) is 61.6 Å². The molecule has 2 aliphatic carbocycles. The number of thioether (sulfide) groups is 1. The molecule has 5 heteroatoms. The van der Waals surface area contributed by atoms with E-state index in [0.29, 0.717) is 18.1 Å². The molecule has 4 rings (SSSR count). The lowest BCUT2D eigenvalue weighted by Crippen LogP contribution is -2.12. The minimum Gasteiger partial charge on any atom is -0.366 e. The van der Waals surface area contributed by atoms with Gasteiger partial charge in [-0.25, -0.2) is 0 Å².